The second kappa shape index (κ2) is 5.56. The number of aryl methyl sites for hydroxylation is 2. The zero-order chi connectivity index (χ0) is 11.3. The summed E-state index contributed by atoms with van der Waals surface area (Å²) >= 11 is 0. The van der Waals surface area contributed by atoms with Gasteiger partial charge >= 0.3 is 0 Å². The lowest BCUT2D eigenvalue weighted by Gasteiger charge is -2.05. The number of nitrogen functional groups attached to an aromatic ring is 1. The van der Waals surface area contributed by atoms with E-state index in [1.807, 2.05) is 20.0 Å². The van der Waals surface area contributed by atoms with Gasteiger partial charge in [0, 0.05) is 5.69 Å². The van der Waals surface area contributed by atoms with Crippen molar-refractivity contribution in [2.45, 2.75) is 20.3 Å². The monoisotopic (exact) mass is 204 g/mol. The van der Waals surface area contributed by atoms with E-state index in [1.54, 1.807) is 0 Å². The summed E-state index contributed by atoms with van der Waals surface area (Å²) in [5, 5.41) is 3.12. The van der Waals surface area contributed by atoms with Crippen LogP contribution in [0.3, 0.4) is 0 Å². The molecule has 0 aliphatic rings. The topological polar surface area (TPSA) is 38.0 Å². The van der Waals surface area contributed by atoms with Crippen LogP contribution in [-0.2, 0) is 0 Å². The Labute approximate surface area is 92.2 Å². The van der Waals surface area contributed by atoms with Crippen molar-refractivity contribution < 1.29 is 0 Å². The Morgan fingerprint density at radius 2 is 2.00 bits per heavy atom. The molecule has 1 rings (SSSR count). The molecule has 0 saturated heterocycles. The molecule has 2 nitrogen and oxygen atoms in total. The average molecular weight is 204 g/mol. The third-order valence-electron chi connectivity index (χ3n) is 2.51. The SMILES string of the molecule is CNCCC=Cc1cc(C)c(N)cc1C. The predicted molar refractivity (Wildman–Crippen MR) is 67.9 cm³/mol. The van der Waals surface area contributed by atoms with Gasteiger partial charge in [-0.05, 0) is 62.7 Å². The quantitative estimate of drug-likeness (QED) is 0.584. The molecule has 0 bridgehead atoms. The highest BCUT2D eigenvalue weighted by Gasteiger charge is 1.98. The van der Waals surface area contributed by atoms with E-state index in [1.165, 1.54) is 11.1 Å². The molecular weight excluding hydrogens is 184 g/mol. The van der Waals surface area contributed by atoms with E-state index in [0.29, 0.717) is 0 Å². The van der Waals surface area contributed by atoms with E-state index in [4.69, 9.17) is 5.73 Å². The lowest BCUT2D eigenvalue weighted by molar-refractivity contribution is 0.809. The molecule has 0 aliphatic carbocycles. The average Bonchev–Trinajstić information content (AvgIpc) is 2.20. The van der Waals surface area contributed by atoms with Gasteiger partial charge in [0.2, 0.25) is 0 Å². The van der Waals surface area contributed by atoms with Gasteiger partial charge in [0.25, 0.3) is 0 Å². The van der Waals surface area contributed by atoms with Crippen molar-refractivity contribution in [3.8, 4) is 0 Å². The van der Waals surface area contributed by atoms with Crippen LogP contribution in [0, 0.1) is 13.8 Å². The third kappa shape index (κ3) is 3.40. The fraction of sp³-hybridized carbons (Fsp3) is 0.385. The van der Waals surface area contributed by atoms with Crippen molar-refractivity contribution >= 4 is 11.8 Å². The van der Waals surface area contributed by atoms with Gasteiger partial charge in [-0.3, -0.25) is 0 Å². The molecule has 0 spiro atoms. The summed E-state index contributed by atoms with van der Waals surface area (Å²) in [4.78, 5) is 0. The fourth-order valence-electron chi connectivity index (χ4n) is 1.48. The summed E-state index contributed by atoms with van der Waals surface area (Å²) < 4.78 is 0. The van der Waals surface area contributed by atoms with Crippen LogP contribution in [0.4, 0.5) is 5.69 Å². The van der Waals surface area contributed by atoms with Crippen LogP contribution in [-0.4, -0.2) is 13.6 Å². The Morgan fingerprint density at radius 1 is 1.27 bits per heavy atom. The molecule has 2 heteroatoms. The Kier molecular flexibility index (Phi) is 4.37. The molecule has 3 N–H and O–H groups in total. The highest BCUT2D eigenvalue weighted by atomic mass is 14.8. The Hall–Kier alpha value is -1.28. The van der Waals surface area contributed by atoms with Gasteiger partial charge in [-0.25, -0.2) is 0 Å². The Balaban J connectivity index is 2.77. The lowest BCUT2D eigenvalue weighted by atomic mass is 10.0. The molecule has 0 amide bonds. The second-order valence-corrected chi connectivity index (χ2v) is 3.86. The maximum Gasteiger partial charge on any atom is 0.0346 e. The highest BCUT2D eigenvalue weighted by Crippen LogP contribution is 2.18. The molecule has 1 aromatic carbocycles. The molecule has 0 heterocycles. The summed E-state index contributed by atoms with van der Waals surface area (Å²) in [6.45, 7) is 5.15. The molecule has 0 aromatic heterocycles. The summed E-state index contributed by atoms with van der Waals surface area (Å²) in [5.74, 6) is 0. The Bertz CT molecular complexity index is 354. The standard InChI is InChI=1S/C13H20N2/c1-10-9-13(14)11(2)8-12(10)6-4-5-7-15-3/h4,6,8-9,15H,5,7,14H2,1-3H3. The summed E-state index contributed by atoms with van der Waals surface area (Å²) in [5.41, 5.74) is 10.4. The van der Waals surface area contributed by atoms with Crippen LogP contribution < -0.4 is 11.1 Å². The molecule has 0 radical (unpaired) electrons. The maximum absolute atomic E-state index is 5.83. The minimum atomic E-state index is 0.875. The second-order valence-electron chi connectivity index (χ2n) is 3.86. The van der Waals surface area contributed by atoms with Crippen molar-refractivity contribution in [3.63, 3.8) is 0 Å². The number of nitrogens with two attached hydrogens (primary N) is 1. The normalized spacial score (nSPS) is 11.1. The number of benzene rings is 1. The van der Waals surface area contributed by atoms with Gasteiger partial charge in [-0.15, -0.1) is 0 Å². The van der Waals surface area contributed by atoms with Crippen molar-refractivity contribution in [1.82, 2.24) is 5.32 Å². The van der Waals surface area contributed by atoms with Crippen LogP contribution in [0.1, 0.15) is 23.1 Å². The van der Waals surface area contributed by atoms with Gasteiger partial charge < -0.3 is 11.1 Å². The van der Waals surface area contributed by atoms with Crippen LogP contribution in [0.25, 0.3) is 6.08 Å². The first kappa shape index (κ1) is 11.8. The molecule has 1 aromatic rings. The molecule has 0 unspecified atom stereocenters. The van der Waals surface area contributed by atoms with E-state index >= 15 is 0 Å². The third-order valence-corrected chi connectivity index (χ3v) is 2.51. The minimum Gasteiger partial charge on any atom is -0.399 e. The molecular formula is C13H20N2. The number of hydrogen-bond acceptors (Lipinski definition) is 2. The zero-order valence-corrected chi connectivity index (χ0v) is 9.80. The van der Waals surface area contributed by atoms with Crippen molar-refractivity contribution in [3.05, 3.63) is 34.9 Å². The van der Waals surface area contributed by atoms with Gasteiger partial charge in [-0.1, -0.05) is 12.2 Å². The van der Waals surface area contributed by atoms with Crippen molar-refractivity contribution in [2.75, 3.05) is 19.3 Å². The van der Waals surface area contributed by atoms with Crippen molar-refractivity contribution in [2.24, 2.45) is 0 Å². The molecule has 0 atom stereocenters. The van der Waals surface area contributed by atoms with E-state index < -0.39 is 0 Å². The molecule has 0 aliphatic heterocycles. The summed E-state index contributed by atoms with van der Waals surface area (Å²) in [6, 6.07) is 4.17. The van der Waals surface area contributed by atoms with E-state index in [9.17, 15) is 0 Å². The van der Waals surface area contributed by atoms with E-state index in [-0.39, 0.29) is 0 Å². The molecule has 82 valence electrons. The van der Waals surface area contributed by atoms with Gasteiger partial charge in [0.05, 0.1) is 0 Å². The smallest absolute Gasteiger partial charge is 0.0346 e. The maximum atomic E-state index is 5.83. The number of anilines is 1. The molecule has 0 fully saturated rings. The number of rotatable bonds is 4. The fourth-order valence-corrected chi connectivity index (χ4v) is 1.48. The van der Waals surface area contributed by atoms with Gasteiger partial charge in [0.15, 0.2) is 0 Å². The highest BCUT2D eigenvalue weighted by molar-refractivity contribution is 5.61. The minimum absolute atomic E-state index is 0.875. The van der Waals surface area contributed by atoms with E-state index in [2.05, 4.69) is 30.5 Å². The van der Waals surface area contributed by atoms with Crippen LogP contribution in [0.2, 0.25) is 0 Å². The first-order valence-corrected chi connectivity index (χ1v) is 5.33. The molecule has 15 heavy (non-hydrogen) atoms. The first-order valence-electron chi connectivity index (χ1n) is 5.33. The predicted octanol–water partition coefficient (Wildman–Crippen LogP) is 2.51. The zero-order valence-electron chi connectivity index (χ0n) is 9.80. The van der Waals surface area contributed by atoms with Gasteiger partial charge in [-0.2, -0.15) is 0 Å². The largest absolute Gasteiger partial charge is 0.399 e. The van der Waals surface area contributed by atoms with Crippen LogP contribution in [0.15, 0.2) is 18.2 Å². The first-order chi connectivity index (χ1) is 7.15. The van der Waals surface area contributed by atoms with E-state index in [0.717, 1.165) is 24.2 Å². The van der Waals surface area contributed by atoms with Gasteiger partial charge in [0.1, 0.15) is 0 Å². The number of nitrogens with one attached hydrogen (secondary N) is 1. The van der Waals surface area contributed by atoms with Crippen molar-refractivity contribution in [1.29, 1.82) is 0 Å². The van der Waals surface area contributed by atoms with Crippen LogP contribution in [0.5, 0.6) is 0 Å². The number of hydrogen-bond donors (Lipinski definition) is 2. The molecule has 0 saturated carbocycles. The summed E-state index contributed by atoms with van der Waals surface area (Å²) in [6.07, 6.45) is 5.41. The Morgan fingerprint density at radius 3 is 2.67 bits per heavy atom. The lowest BCUT2D eigenvalue weighted by Crippen LogP contribution is -2.05. The summed E-state index contributed by atoms with van der Waals surface area (Å²) in [7, 11) is 1.96. The van der Waals surface area contributed by atoms with Crippen LogP contribution >= 0.6 is 0 Å².